The molecule has 0 aliphatic heterocycles. The maximum atomic E-state index is 11.8. The van der Waals surface area contributed by atoms with Crippen molar-refractivity contribution in [2.45, 2.75) is 6.92 Å². The second kappa shape index (κ2) is 8.07. The lowest BCUT2D eigenvalue weighted by Crippen LogP contribution is -2.32. The fourth-order valence-electron chi connectivity index (χ4n) is 1.71. The lowest BCUT2D eigenvalue weighted by atomic mass is 10.2. The third kappa shape index (κ3) is 4.77. The van der Waals surface area contributed by atoms with Gasteiger partial charge in [-0.3, -0.25) is 9.59 Å². The summed E-state index contributed by atoms with van der Waals surface area (Å²) in [5.74, 6) is -1.66. The third-order valence-electron chi connectivity index (χ3n) is 3.00. The molecule has 2 amide bonds. The molecule has 0 spiro atoms. The molecule has 0 saturated heterocycles. The quantitative estimate of drug-likeness (QED) is 0.332. The predicted molar refractivity (Wildman–Crippen MR) is 99.7 cm³/mol. The van der Waals surface area contributed by atoms with Gasteiger partial charge >= 0.3 is 11.8 Å². The Balaban J connectivity index is 1.97. The van der Waals surface area contributed by atoms with Crippen LogP contribution in [0.25, 0.3) is 0 Å². The van der Waals surface area contributed by atoms with Crippen LogP contribution in [-0.2, 0) is 9.59 Å². The summed E-state index contributed by atoms with van der Waals surface area (Å²) < 4.78 is 0.988. The molecule has 0 aliphatic carbocycles. The number of nitrogens with one attached hydrogen (secondary N) is 2. The highest BCUT2D eigenvalue weighted by Gasteiger charge is 2.14. The van der Waals surface area contributed by atoms with Crippen molar-refractivity contribution in [2.24, 2.45) is 5.10 Å². The van der Waals surface area contributed by atoms with Gasteiger partial charge in [-0.1, -0.05) is 35.9 Å². The van der Waals surface area contributed by atoms with Gasteiger partial charge in [-0.2, -0.15) is 5.10 Å². The number of carbonyl (C=O) groups excluding carboxylic acids is 2. The zero-order chi connectivity index (χ0) is 16.8. The Morgan fingerprint density at radius 1 is 1.13 bits per heavy atom. The van der Waals surface area contributed by atoms with E-state index in [9.17, 15) is 9.59 Å². The first-order valence-corrected chi connectivity index (χ1v) is 8.08. The molecule has 0 aromatic heterocycles. The summed E-state index contributed by atoms with van der Waals surface area (Å²) in [5.41, 5.74) is 4.22. The van der Waals surface area contributed by atoms with Crippen molar-refractivity contribution in [3.63, 3.8) is 0 Å². The molecule has 0 radical (unpaired) electrons. The van der Waals surface area contributed by atoms with Gasteiger partial charge in [0.05, 0.1) is 6.21 Å². The SMILES string of the molecule is Cc1c(Cl)cccc1NC(=O)C(=O)N/N=C/c1ccccc1I. The van der Waals surface area contributed by atoms with Gasteiger partial charge in [-0.05, 0) is 53.3 Å². The number of halogens is 2. The van der Waals surface area contributed by atoms with Crippen molar-refractivity contribution in [1.29, 1.82) is 0 Å². The van der Waals surface area contributed by atoms with Gasteiger partial charge in [-0.25, -0.2) is 5.43 Å². The van der Waals surface area contributed by atoms with Crippen LogP contribution in [0.4, 0.5) is 5.69 Å². The van der Waals surface area contributed by atoms with Gasteiger partial charge in [0, 0.05) is 19.8 Å². The van der Waals surface area contributed by atoms with E-state index in [0.717, 1.165) is 9.13 Å². The van der Waals surface area contributed by atoms with Crippen LogP contribution in [0.2, 0.25) is 5.02 Å². The first kappa shape index (κ1) is 17.4. The maximum absolute atomic E-state index is 11.8. The van der Waals surface area contributed by atoms with E-state index in [1.165, 1.54) is 6.21 Å². The Labute approximate surface area is 152 Å². The van der Waals surface area contributed by atoms with E-state index < -0.39 is 11.8 Å². The molecule has 0 atom stereocenters. The molecule has 2 aromatic carbocycles. The van der Waals surface area contributed by atoms with E-state index in [4.69, 9.17) is 11.6 Å². The molecule has 2 rings (SSSR count). The Bertz CT molecular complexity index is 778. The molecule has 5 nitrogen and oxygen atoms in total. The second-order valence-electron chi connectivity index (χ2n) is 4.59. The van der Waals surface area contributed by atoms with Crippen molar-refractivity contribution in [3.05, 3.63) is 62.2 Å². The molecule has 7 heteroatoms. The topological polar surface area (TPSA) is 70.6 Å². The van der Waals surface area contributed by atoms with Crippen molar-refractivity contribution < 1.29 is 9.59 Å². The molecule has 23 heavy (non-hydrogen) atoms. The van der Waals surface area contributed by atoms with Crippen LogP contribution >= 0.6 is 34.2 Å². The van der Waals surface area contributed by atoms with Crippen molar-refractivity contribution >= 4 is 57.9 Å². The first-order chi connectivity index (χ1) is 11.0. The molecule has 2 aromatic rings. The van der Waals surface area contributed by atoms with Gasteiger partial charge in [0.1, 0.15) is 0 Å². The fraction of sp³-hybridized carbons (Fsp3) is 0.0625. The Morgan fingerprint density at radius 2 is 1.87 bits per heavy atom. The number of anilines is 1. The van der Waals surface area contributed by atoms with Gasteiger partial charge in [0.25, 0.3) is 0 Å². The van der Waals surface area contributed by atoms with Gasteiger partial charge in [0.2, 0.25) is 0 Å². The third-order valence-corrected chi connectivity index (χ3v) is 4.39. The number of rotatable bonds is 3. The highest BCUT2D eigenvalue weighted by atomic mass is 127. The lowest BCUT2D eigenvalue weighted by molar-refractivity contribution is -0.136. The van der Waals surface area contributed by atoms with E-state index in [1.807, 2.05) is 24.3 Å². The van der Waals surface area contributed by atoms with Crippen LogP contribution in [0.15, 0.2) is 47.6 Å². The summed E-state index contributed by atoms with van der Waals surface area (Å²) >= 11 is 8.12. The van der Waals surface area contributed by atoms with Crippen LogP contribution in [0.1, 0.15) is 11.1 Å². The summed E-state index contributed by atoms with van der Waals surface area (Å²) in [7, 11) is 0. The van der Waals surface area contributed by atoms with Crippen molar-refractivity contribution in [2.75, 3.05) is 5.32 Å². The number of nitrogens with zero attached hydrogens (tertiary/aromatic N) is 1. The summed E-state index contributed by atoms with van der Waals surface area (Å²) in [6, 6.07) is 12.6. The largest absolute Gasteiger partial charge is 0.329 e. The van der Waals surface area contributed by atoms with Crippen LogP contribution in [0, 0.1) is 10.5 Å². The smallest absolute Gasteiger partial charge is 0.317 e. The molecule has 0 fully saturated rings. The monoisotopic (exact) mass is 441 g/mol. The average molecular weight is 442 g/mol. The summed E-state index contributed by atoms with van der Waals surface area (Å²) in [6.45, 7) is 1.76. The van der Waals surface area contributed by atoms with E-state index in [0.29, 0.717) is 16.3 Å². The molecule has 0 unspecified atom stereocenters. The molecule has 0 bridgehead atoms. The van der Waals surface area contributed by atoms with E-state index in [2.05, 4.69) is 38.4 Å². The van der Waals surface area contributed by atoms with Gasteiger partial charge in [0.15, 0.2) is 0 Å². The van der Waals surface area contributed by atoms with Crippen LogP contribution in [0.5, 0.6) is 0 Å². The highest BCUT2D eigenvalue weighted by Crippen LogP contribution is 2.22. The maximum Gasteiger partial charge on any atom is 0.329 e. The van der Waals surface area contributed by atoms with Gasteiger partial charge < -0.3 is 5.32 Å². The normalized spacial score (nSPS) is 10.6. The molecular formula is C16H13ClIN3O2. The first-order valence-electron chi connectivity index (χ1n) is 6.63. The van der Waals surface area contributed by atoms with E-state index in [1.54, 1.807) is 25.1 Å². The molecule has 118 valence electrons. The fourth-order valence-corrected chi connectivity index (χ4v) is 2.41. The van der Waals surface area contributed by atoms with Crippen LogP contribution in [0.3, 0.4) is 0 Å². The number of amides is 2. The van der Waals surface area contributed by atoms with Crippen molar-refractivity contribution in [1.82, 2.24) is 5.43 Å². The predicted octanol–water partition coefficient (Wildman–Crippen LogP) is 3.34. The standard InChI is InChI=1S/C16H13ClIN3O2/c1-10-12(17)6-4-8-14(10)20-15(22)16(23)21-19-9-11-5-2-3-7-13(11)18/h2-9H,1H3,(H,20,22)(H,21,23)/b19-9+. The number of hydrogen-bond acceptors (Lipinski definition) is 3. The number of benzene rings is 2. The van der Waals surface area contributed by atoms with Gasteiger partial charge in [-0.15, -0.1) is 0 Å². The van der Waals surface area contributed by atoms with Crippen LogP contribution in [-0.4, -0.2) is 18.0 Å². The van der Waals surface area contributed by atoms with E-state index >= 15 is 0 Å². The highest BCUT2D eigenvalue weighted by molar-refractivity contribution is 14.1. The van der Waals surface area contributed by atoms with Crippen molar-refractivity contribution in [3.8, 4) is 0 Å². The molecule has 2 N–H and O–H groups in total. The minimum Gasteiger partial charge on any atom is -0.317 e. The second-order valence-corrected chi connectivity index (χ2v) is 6.16. The lowest BCUT2D eigenvalue weighted by Gasteiger charge is -2.08. The summed E-state index contributed by atoms with van der Waals surface area (Å²) in [5, 5.41) is 6.80. The number of hydrogen-bond donors (Lipinski definition) is 2. The molecule has 0 saturated carbocycles. The molecular weight excluding hydrogens is 429 g/mol. The Morgan fingerprint density at radius 3 is 2.61 bits per heavy atom. The summed E-state index contributed by atoms with van der Waals surface area (Å²) in [6.07, 6.45) is 1.48. The molecule has 0 aliphatic rings. The molecule has 0 heterocycles. The average Bonchev–Trinajstić information content (AvgIpc) is 2.53. The van der Waals surface area contributed by atoms with E-state index in [-0.39, 0.29) is 0 Å². The number of hydrazone groups is 1. The Kier molecular flexibility index (Phi) is 6.12. The number of carbonyl (C=O) groups is 2. The minimum absolute atomic E-state index is 0.485. The summed E-state index contributed by atoms with van der Waals surface area (Å²) in [4.78, 5) is 23.6. The zero-order valence-electron chi connectivity index (χ0n) is 12.1. The zero-order valence-corrected chi connectivity index (χ0v) is 15.1. The Hall–Kier alpha value is -1.93. The minimum atomic E-state index is -0.855. The van der Waals surface area contributed by atoms with Crippen LogP contribution < -0.4 is 10.7 Å².